The van der Waals surface area contributed by atoms with Gasteiger partial charge in [0.15, 0.2) is 0 Å². The normalized spacial score (nSPS) is 12.7. The molecule has 1 atom stereocenters. The number of rotatable bonds is 3. The molecule has 1 aromatic heterocycles. The fourth-order valence-electron chi connectivity index (χ4n) is 2.24. The molecule has 0 spiro atoms. The average Bonchev–Trinajstić information content (AvgIpc) is 2.85. The highest BCUT2D eigenvalue weighted by Crippen LogP contribution is 2.32. The van der Waals surface area contributed by atoms with Crippen molar-refractivity contribution in [3.05, 3.63) is 70.1 Å². The second kappa shape index (κ2) is 5.33. The summed E-state index contributed by atoms with van der Waals surface area (Å²) in [6, 6.07) is 15.8. The van der Waals surface area contributed by atoms with Gasteiger partial charge in [-0.25, -0.2) is 0 Å². The lowest BCUT2D eigenvalue weighted by Crippen LogP contribution is -2.01. The van der Waals surface area contributed by atoms with Crippen LogP contribution in [-0.4, -0.2) is 5.11 Å². The number of hydrogen-bond acceptors (Lipinski definition) is 2. The molecule has 3 heteroatoms. The van der Waals surface area contributed by atoms with Crippen molar-refractivity contribution in [1.29, 1.82) is 0 Å². The molecule has 0 radical (unpaired) electrons. The summed E-state index contributed by atoms with van der Waals surface area (Å²) in [5.41, 5.74) is 1.97. The second-order valence-electron chi connectivity index (χ2n) is 4.50. The first kappa shape index (κ1) is 12.7. The van der Waals surface area contributed by atoms with E-state index in [2.05, 4.69) is 12.1 Å². The minimum Gasteiger partial charge on any atom is -0.388 e. The maximum atomic E-state index is 10.4. The van der Waals surface area contributed by atoms with E-state index < -0.39 is 6.10 Å². The molecular weight excluding hydrogens is 276 g/mol. The maximum Gasteiger partial charge on any atom is 0.0844 e. The van der Waals surface area contributed by atoms with Crippen LogP contribution in [-0.2, 0) is 6.42 Å². The predicted molar refractivity (Wildman–Crippen MR) is 81.9 cm³/mol. The SMILES string of the molecule is OC(Cc1ccccc1Cl)c1csc2ccccc12. The molecule has 2 aromatic carbocycles. The van der Waals surface area contributed by atoms with Crippen molar-refractivity contribution >= 4 is 33.0 Å². The molecule has 0 aliphatic rings. The third kappa shape index (κ3) is 2.52. The standard InChI is InChI=1S/C16H13ClOS/c17-14-7-3-1-5-11(14)9-15(18)13-10-19-16-8-4-2-6-12(13)16/h1-8,10,15,18H,9H2. The fourth-order valence-corrected chi connectivity index (χ4v) is 3.46. The average molecular weight is 289 g/mol. The number of fused-ring (bicyclic) bond motifs is 1. The van der Waals surface area contributed by atoms with Gasteiger partial charge in [-0.1, -0.05) is 48.0 Å². The third-order valence-corrected chi connectivity index (χ3v) is 4.59. The van der Waals surface area contributed by atoms with Crippen molar-refractivity contribution in [2.24, 2.45) is 0 Å². The predicted octanol–water partition coefficient (Wildman–Crippen LogP) is 4.83. The number of benzene rings is 2. The zero-order valence-corrected chi connectivity index (χ0v) is 11.8. The number of halogens is 1. The van der Waals surface area contributed by atoms with Crippen molar-refractivity contribution in [2.45, 2.75) is 12.5 Å². The maximum absolute atomic E-state index is 10.4. The lowest BCUT2D eigenvalue weighted by atomic mass is 10.0. The van der Waals surface area contributed by atoms with Gasteiger partial charge in [-0.15, -0.1) is 11.3 Å². The summed E-state index contributed by atoms with van der Waals surface area (Å²) >= 11 is 7.80. The molecule has 3 rings (SSSR count). The van der Waals surface area contributed by atoms with Gasteiger partial charge in [0, 0.05) is 16.1 Å². The molecule has 0 aliphatic carbocycles. The summed E-state index contributed by atoms with van der Waals surface area (Å²) in [6.07, 6.45) is 0.0245. The molecule has 96 valence electrons. The summed E-state index contributed by atoms with van der Waals surface area (Å²) in [5.74, 6) is 0. The minimum absolute atomic E-state index is 0.518. The van der Waals surface area contributed by atoms with Crippen LogP contribution < -0.4 is 0 Å². The van der Waals surface area contributed by atoms with E-state index in [0.29, 0.717) is 11.4 Å². The lowest BCUT2D eigenvalue weighted by Gasteiger charge is -2.11. The zero-order valence-electron chi connectivity index (χ0n) is 10.2. The molecule has 0 saturated carbocycles. The van der Waals surface area contributed by atoms with E-state index in [1.807, 2.05) is 41.8 Å². The Hall–Kier alpha value is -1.35. The van der Waals surface area contributed by atoms with Crippen molar-refractivity contribution in [3.63, 3.8) is 0 Å². The van der Waals surface area contributed by atoms with Crippen LogP contribution in [0.25, 0.3) is 10.1 Å². The largest absolute Gasteiger partial charge is 0.388 e. The zero-order chi connectivity index (χ0) is 13.2. The van der Waals surface area contributed by atoms with Gasteiger partial charge >= 0.3 is 0 Å². The number of aliphatic hydroxyl groups excluding tert-OH is 1. The van der Waals surface area contributed by atoms with Gasteiger partial charge in [0.25, 0.3) is 0 Å². The van der Waals surface area contributed by atoms with Gasteiger partial charge < -0.3 is 5.11 Å². The number of thiophene rings is 1. The van der Waals surface area contributed by atoms with Crippen LogP contribution in [0.2, 0.25) is 5.02 Å². The highest BCUT2D eigenvalue weighted by atomic mass is 35.5. The van der Waals surface area contributed by atoms with Crippen LogP contribution in [0.3, 0.4) is 0 Å². The van der Waals surface area contributed by atoms with Crippen molar-refractivity contribution in [1.82, 2.24) is 0 Å². The molecule has 0 bridgehead atoms. The van der Waals surface area contributed by atoms with E-state index in [4.69, 9.17) is 11.6 Å². The Kier molecular flexibility index (Phi) is 3.56. The Morgan fingerprint density at radius 1 is 1.05 bits per heavy atom. The molecule has 0 fully saturated rings. The van der Waals surface area contributed by atoms with Gasteiger partial charge in [-0.3, -0.25) is 0 Å². The van der Waals surface area contributed by atoms with Crippen molar-refractivity contribution in [3.8, 4) is 0 Å². The highest BCUT2D eigenvalue weighted by Gasteiger charge is 2.14. The Morgan fingerprint density at radius 2 is 1.79 bits per heavy atom. The minimum atomic E-state index is -0.518. The van der Waals surface area contributed by atoms with Crippen LogP contribution >= 0.6 is 22.9 Å². The Morgan fingerprint density at radius 3 is 2.63 bits per heavy atom. The molecule has 1 nitrogen and oxygen atoms in total. The van der Waals surface area contributed by atoms with Crippen LogP contribution in [0.15, 0.2) is 53.9 Å². The highest BCUT2D eigenvalue weighted by molar-refractivity contribution is 7.17. The van der Waals surface area contributed by atoms with E-state index in [9.17, 15) is 5.11 Å². The lowest BCUT2D eigenvalue weighted by molar-refractivity contribution is 0.180. The topological polar surface area (TPSA) is 20.2 Å². The van der Waals surface area contributed by atoms with Gasteiger partial charge in [0.2, 0.25) is 0 Å². The van der Waals surface area contributed by atoms with E-state index in [0.717, 1.165) is 16.5 Å². The summed E-state index contributed by atoms with van der Waals surface area (Å²) < 4.78 is 1.20. The smallest absolute Gasteiger partial charge is 0.0844 e. The molecule has 1 heterocycles. The fraction of sp³-hybridized carbons (Fsp3) is 0.125. The number of hydrogen-bond donors (Lipinski definition) is 1. The summed E-state index contributed by atoms with van der Waals surface area (Å²) in [5, 5.41) is 14.3. The molecule has 0 amide bonds. The molecule has 3 aromatic rings. The van der Waals surface area contributed by atoms with Crippen molar-refractivity contribution < 1.29 is 5.11 Å². The van der Waals surface area contributed by atoms with Crippen LogP contribution in [0, 0.1) is 0 Å². The van der Waals surface area contributed by atoms with Crippen LogP contribution in [0.4, 0.5) is 0 Å². The molecule has 0 saturated heterocycles. The molecular formula is C16H13ClOS. The summed E-state index contributed by atoms with van der Waals surface area (Å²) in [6.45, 7) is 0. The first-order chi connectivity index (χ1) is 9.25. The van der Waals surface area contributed by atoms with E-state index >= 15 is 0 Å². The first-order valence-corrected chi connectivity index (χ1v) is 7.39. The van der Waals surface area contributed by atoms with E-state index in [1.54, 1.807) is 11.3 Å². The van der Waals surface area contributed by atoms with E-state index in [-0.39, 0.29) is 0 Å². The second-order valence-corrected chi connectivity index (χ2v) is 5.82. The van der Waals surface area contributed by atoms with E-state index in [1.165, 1.54) is 4.70 Å². The Labute approximate surface area is 121 Å². The van der Waals surface area contributed by atoms with Crippen LogP contribution in [0.5, 0.6) is 0 Å². The monoisotopic (exact) mass is 288 g/mol. The van der Waals surface area contributed by atoms with Crippen LogP contribution in [0.1, 0.15) is 17.2 Å². The number of aliphatic hydroxyl groups is 1. The third-order valence-electron chi connectivity index (χ3n) is 3.24. The van der Waals surface area contributed by atoms with Gasteiger partial charge in [0.05, 0.1) is 6.10 Å². The van der Waals surface area contributed by atoms with Gasteiger partial charge in [-0.05, 0) is 34.0 Å². The molecule has 1 N–H and O–H groups in total. The quantitative estimate of drug-likeness (QED) is 0.732. The summed E-state index contributed by atoms with van der Waals surface area (Å²) in [7, 11) is 0. The molecule has 19 heavy (non-hydrogen) atoms. The Bertz CT molecular complexity index is 705. The molecule has 1 unspecified atom stereocenters. The van der Waals surface area contributed by atoms with Crippen molar-refractivity contribution in [2.75, 3.05) is 0 Å². The van der Waals surface area contributed by atoms with Gasteiger partial charge in [-0.2, -0.15) is 0 Å². The molecule has 0 aliphatic heterocycles. The Balaban J connectivity index is 1.92. The first-order valence-electron chi connectivity index (χ1n) is 6.13. The van der Waals surface area contributed by atoms with Gasteiger partial charge in [0.1, 0.15) is 0 Å². The summed E-state index contributed by atoms with van der Waals surface area (Å²) in [4.78, 5) is 0.